The first-order valence-corrected chi connectivity index (χ1v) is 6.96. The lowest BCUT2D eigenvalue weighted by molar-refractivity contribution is 0.348. The van der Waals surface area contributed by atoms with Crippen molar-refractivity contribution in [2.24, 2.45) is 5.92 Å². The highest BCUT2D eigenvalue weighted by molar-refractivity contribution is 4.92. The van der Waals surface area contributed by atoms with E-state index in [-0.39, 0.29) is 0 Å². The predicted octanol–water partition coefficient (Wildman–Crippen LogP) is 3.21. The van der Waals surface area contributed by atoms with E-state index >= 15 is 0 Å². The summed E-state index contributed by atoms with van der Waals surface area (Å²) in [6, 6.07) is 0.566. The summed E-state index contributed by atoms with van der Waals surface area (Å²) in [5.74, 6) is 1.93. The van der Waals surface area contributed by atoms with Crippen molar-refractivity contribution >= 4 is 0 Å². The lowest BCUT2D eigenvalue weighted by Crippen LogP contribution is -2.33. The average Bonchev–Trinajstić information content (AvgIpc) is 2.76. The Balaban J connectivity index is 2.46. The average molecular weight is 237 g/mol. The summed E-state index contributed by atoms with van der Waals surface area (Å²) >= 11 is 0. The third-order valence-electron chi connectivity index (χ3n) is 3.60. The van der Waals surface area contributed by atoms with Crippen molar-refractivity contribution in [3.63, 3.8) is 0 Å². The molecular weight excluding hydrogens is 210 g/mol. The standard InChI is InChI=1S/C14H27N3/c1-5-9-17-10-8-15-14(17)11-16-12(4)13(6-2)7-3/h8,10,12-13,16H,5-7,9,11H2,1-4H3. The van der Waals surface area contributed by atoms with E-state index in [1.807, 2.05) is 6.20 Å². The monoisotopic (exact) mass is 237 g/mol. The minimum Gasteiger partial charge on any atom is -0.334 e. The highest BCUT2D eigenvalue weighted by atomic mass is 15.1. The first-order valence-electron chi connectivity index (χ1n) is 6.96. The lowest BCUT2D eigenvalue weighted by atomic mass is 9.95. The van der Waals surface area contributed by atoms with Gasteiger partial charge >= 0.3 is 0 Å². The Kier molecular flexibility index (Phi) is 6.27. The molecule has 0 aliphatic heterocycles. The lowest BCUT2D eigenvalue weighted by Gasteiger charge is -2.22. The molecule has 0 bridgehead atoms. The van der Waals surface area contributed by atoms with Crippen LogP contribution in [-0.4, -0.2) is 15.6 Å². The molecule has 0 fully saturated rings. The molecule has 1 N–H and O–H groups in total. The van der Waals surface area contributed by atoms with Gasteiger partial charge in [-0.25, -0.2) is 4.98 Å². The summed E-state index contributed by atoms with van der Waals surface area (Å²) in [4.78, 5) is 4.42. The van der Waals surface area contributed by atoms with Crippen LogP contribution in [0.2, 0.25) is 0 Å². The van der Waals surface area contributed by atoms with Crippen LogP contribution < -0.4 is 5.32 Å². The van der Waals surface area contributed by atoms with E-state index in [0.29, 0.717) is 6.04 Å². The van der Waals surface area contributed by atoms with Crippen molar-refractivity contribution in [1.82, 2.24) is 14.9 Å². The summed E-state index contributed by atoms with van der Waals surface area (Å²) in [6.07, 6.45) is 7.62. The van der Waals surface area contributed by atoms with Gasteiger partial charge in [-0.3, -0.25) is 0 Å². The van der Waals surface area contributed by atoms with Crippen molar-refractivity contribution < 1.29 is 0 Å². The number of hydrogen-bond donors (Lipinski definition) is 1. The first kappa shape index (κ1) is 14.2. The topological polar surface area (TPSA) is 29.9 Å². The molecule has 3 heteroatoms. The van der Waals surface area contributed by atoms with Crippen molar-refractivity contribution in [3.8, 4) is 0 Å². The molecule has 3 nitrogen and oxygen atoms in total. The molecule has 1 heterocycles. The Morgan fingerprint density at radius 1 is 1.29 bits per heavy atom. The normalized spacial score (nSPS) is 13.2. The van der Waals surface area contributed by atoms with Crippen molar-refractivity contribution in [3.05, 3.63) is 18.2 Å². The van der Waals surface area contributed by atoms with Crippen LogP contribution >= 0.6 is 0 Å². The fourth-order valence-corrected chi connectivity index (χ4v) is 2.37. The quantitative estimate of drug-likeness (QED) is 0.752. The van der Waals surface area contributed by atoms with E-state index < -0.39 is 0 Å². The molecule has 0 saturated heterocycles. The van der Waals surface area contributed by atoms with E-state index in [1.165, 1.54) is 12.8 Å². The van der Waals surface area contributed by atoms with Gasteiger partial charge in [0.25, 0.3) is 0 Å². The summed E-state index contributed by atoms with van der Waals surface area (Å²) in [6.45, 7) is 11.0. The molecule has 98 valence electrons. The number of nitrogens with one attached hydrogen (secondary N) is 1. The molecule has 1 aromatic heterocycles. The Labute approximate surface area is 106 Å². The number of rotatable bonds is 8. The van der Waals surface area contributed by atoms with Crippen LogP contribution in [0.3, 0.4) is 0 Å². The number of aromatic nitrogens is 2. The molecule has 0 spiro atoms. The second kappa shape index (κ2) is 7.49. The predicted molar refractivity (Wildman–Crippen MR) is 72.9 cm³/mol. The maximum Gasteiger partial charge on any atom is 0.122 e. The minimum absolute atomic E-state index is 0.566. The molecule has 0 aliphatic rings. The van der Waals surface area contributed by atoms with Crippen molar-refractivity contribution in [1.29, 1.82) is 0 Å². The first-order chi connectivity index (χ1) is 8.22. The number of hydrogen-bond acceptors (Lipinski definition) is 2. The van der Waals surface area contributed by atoms with Crippen molar-refractivity contribution in [2.75, 3.05) is 0 Å². The Morgan fingerprint density at radius 2 is 2.00 bits per heavy atom. The van der Waals surface area contributed by atoms with E-state index in [1.54, 1.807) is 0 Å². The highest BCUT2D eigenvalue weighted by Crippen LogP contribution is 2.13. The van der Waals surface area contributed by atoms with Gasteiger partial charge in [0.2, 0.25) is 0 Å². The molecule has 0 aromatic carbocycles. The molecule has 1 aromatic rings. The van der Waals surface area contributed by atoms with Crippen LogP contribution in [0.4, 0.5) is 0 Å². The van der Waals surface area contributed by atoms with Gasteiger partial charge < -0.3 is 9.88 Å². The summed E-state index contributed by atoms with van der Waals surface area (Å²) in [5.41, 5.74) is 0. The van der Waals surface area contributed by atoms with Crippen LogP contribution in [0.15, 0.2) is 12.4 Å². The SMILES string of the molecule is CCCn1ccnc1CNC(C)C(CC)CC. The third kappa shape index (κ3) is 4.15. The molecule has 0 saturated carbocycles. The minimum atomic E-state index is 0.566. The molecule has 1 rings (SSSR count). The van der Waals surface area contributed by atoms with Gasteiger partial charge in [0, 0.05) is 25.0 Å². The molecule has 0 radical (unpaired) electrons. The van der Waals surface area contributed by atoms with Gasteiger partial charge in [0.05, 0.1) is 6.54 Å². The zero-order chi connectivity index (χ0) is 12.7. The molecule has 1 unspecified atom stereocenters. The zero-order valence-electron chi connectivity index (χ0n) is 11.7. The fourth-order valence-electron chi connectivity index (χ4n) is 2.37. The summed E-state index contributed by atoms with van der Waals surface area (Å²) in [7, 11) is 0. The largest absolute Gasteiger partial charge is 0.334 e. The van der Waals surface area contributed by atoms with Gasteiger partial charge in [-0.2, -0.15) is 0 Å². The molecule has 1 atom stereocenters. The number of imidazole rings is 1. The molecule has 17 heavy (non-hydrogen) atoms. The molecular formula is C14H27N3. The van der Waals surface area contributed by atoms with Crippen LogP contribution in [0.25, 0.3) is 0 Å². The third-order valence-corrected chi connectivity index (χ3v) is 3.60. The van der Waals surface area contributed by atoms with E-state index in [4.69, 9.17) is 0 Å². The second-order valence-corrected chi connectivity index (χ2v) is 4.78. The maximum absolute atomic E-state index is 4.42. The second-order valence-electron chi connectivity index (χ2n) is 4.78. The summed E-state index contributed by atoms with van der Waals surface area (Å²) in [5, 5.41) is 3.60. The van der Waals surface area contributed by atoms with Crippen LogP contribution in [0, 0.1) is 5.92 Å². The van der Waals surface area contributed by atoms with Gasteiger partial charge in [-0.1, -0.05) is 33.6 Å². The van der Waals surface area contributed by atoms with E-state index in [9.17, 15) is 0 Å². The maximum atomic E-state index is 4.42. The van der Waals surface area contributed by atoms with Gasteiger partial charge in [-0.15, -0.1) is 0 Å². The smallest absolute Gasteiger partial charge is 0.122 e. The summed E-state index contributed by atoms with van der Waals surface area (Å²) < 4.78 is 2.24. The Morgan fingerprint density at radius 3 is 2.59 bits per heavy atom. The fraction of sp³-hybridized carbons (Fsp3) is 0.786. The Bertz CT molecular complexity index is 302. The van der Waals surface area contributed by atoms with Crippen LogP contribution in [0.1, 0.15) is 52.8 Å². The number of nitrogens with zero attached hydrogens (tertiary/aromatic N) is 2. The van der Waals surface area contributed by atoms with Gasteiger partial charge in [0.15, 0.2) is 0 Å². The van der Waals surface area contributed by atoms with Crippen molar-refractivity contribution in [2.45, 2.75) is 66.1 Å². The highest BCUT2D eigenvalue weighted by Gasteiger charge is 2.13. The number of aryl methyl sites for hydroxylation is 1. The molecule has 0 aliphatic carbocycles. The molecule has 0 amide bonds. The zero-order valence-corrected chi connectivity index (χ0v) is 11.7. The van der Waals surface area contributed by atoms with E-state index in [2.05, 4.69) is 48.8 Å². The van der Waals surface area contributed by atoms with E-state index in [0.717, 1.165) is 31.3 Å². The Hall–Kier alpha value is -0.830. The van der Waals surface area contributed by atoms with Crippen LogP contribution in [0.5, 0.6) is 0 Å². The van der Waals surface area contributed by atoms with Crippen LogP contribution in [-0.2, 0) is 13.1 Å². The van der Waals surface area contributed by atoms with Gasteiger partial charge in [-0.05, 0) is 19.3 Å². The van der Waals surface area contributed by atoms with Gasteiger partial charge in [0.1, 0.15) is 5.82 Å².